The van der Waals surface area contributed by atoms with Crippen LogP contribution in [0.2, 0.25) is 0 Å². The molecule has 1 aliphatic rings. The van der Waals surface area contributed by atoms with Crippen molar-refractivity contribution in [1.82, 2.24) is 10.3 Å². The van der Waals surface area contributed by atoms with E-state index in [9.17, 15) is 0 Å². The van der Waals surface area contributed by atoms with Gasteiger partial charge >= 0.3 is 0 Å². The SMILES string of the molecule is CCc1nc(Cc2ccccc2)sc1C1CCNCC1. The largest absolute Gasteiger partial charge is 0.317 e. The lowest BCUT2D eigenvalue weighted by Gasteiger charge is -2.22. The normalized spacial score (nSPS) is 16.4. The van der Waals surface area contributed by atoms with Gasteiger partial charge in [0.15, 0.2) is 0 Å². The molecule has 1 saturated heterocycles. The minimum atomic E-state index is 0.730. The second-order valence-corrected chi connectivity index (χ2v) is 6.57. The van der Waals surface area contributed by atoms with E-state index in [0.717, 1.165) is 31.8 Å². The predicted octanol–water partition coefficient (Wildman–Crippen LogP) is 3.76. The second-order valence-electron chi connectivity index (χ2n) is 5.46. The molecule has 0 spiro atoms. The van der Waals surface area contributed by atoms with Crippen LogP contribution >= 0.6 is 11.3 Å². The molecule has 2 aromatic rings. The van der Waals surface area contributed by atoms with Crippen LogP contribution < -0.4 is 5.32 Å². The molecule has 0 bridgehead atoms. The number of piperidine rings is 1. The lowest BCUT2D eigenvalue weighted by atomic mass is 9.95. The molecular formula is C17H22N2S. The van der Waals surface area contributed by atoms with E-state index in [1.165, 1.54) is 29.1 Å². The summed E-state index contributed by atoms with van der Waals surface area (Å²) in [6.07, 6.45) is 4.56. The molecule has 0 atom stereocenters. The zero-order chi connectivity index (χ0) is 13.8. The molecule has 1 fully saturated rings. The fourth-order valence-corrected chi connectivity index (χ4v) is 4.28. The highest BCUT2D eigenvalue weighted by Gasteiger charge is 2.21. The maximum atomic E-state index is 4.90. The summed E-state index contributed by atoms with van der Waals surface area (Å²) >= 11 is 1.95. The summed E-state index contributed by atoms with van der Waals surface area (Å²) < 4.78 is 0. The lowest BCUT2D eigenvalue weighted by Crippen LogP contribution is -2.26. The van der Waals surface area contributed by atoms with Gasteiger partial charge in [0.1, 0.15) is 0 Å². The molecule has 3 rings (SSSR count). The van der Waals surface area contributed by atoms with Crippen molar-refractivity contribution in [2.45, 2.75) is 38.5 Å². The van der Waals surface area contributed by atoms with E-state index < -0.39 is 0 Å². The minimum Gasteiger partial charge on any atom is -0.317 e. The van der Waals surface area contributed by atoms with Crippen molar-refractivity contribution in [2.75, 3.05) is 13.1 Å². The van der Waals surface area contributed by atoms with E-state index in [-0.39, 0.29) is 0 Å². The molecule has 3 heteroatoms. The van der Waals surface area contributed by atoms with Crippen molar-refractivity contribution in [3.05, 3.63) is 51.5 Å². The molecule has 0 radical (unpaired) electrons. The molecular weight excluding hydrogens is 264 g/mol. The van der Waals surface area contributed by atoms with Gasteiger partial charge in [-0.15, -0.1) is 11.3 Å². The Morgan fingerprint density at radius 2 is 1.95 bits per heavy atom. The number of aromatic nitrogens is 1. The number of aryl methyl sites for hydroxylation is 1. The van der Waals surface area contributed by atoms with Gasteiger partial charge in [-0.2, -0.15) is 0 Å². The van der Waals surface area contributed by atoms with Crippen LogP contribution in [0.1, 0.15) is 46.8 Å². The van der Waals surface area contributed by atoms with Gasteiger partial charge in [0.05, 0.1) is 10.7 Å². The van der Waals surface area contributed by atoms with E-state index in [4.69, 9.17) is 4.98 Å². The highest BCUT2D eigenvalue weighted by molar-refractivity contribution is 7.11. The van der Waals surface area contributed by atoms with Crippen LogP contribution in [0, 0.1) is 0 Å². The van der Waals surface area contributed by atoms with Crippen molar-refractivity contribution >= 4 is 11.3 Å². The quantitative estimate of drug-likeness (QED) is 0.925. The van der Waals surface area contributed by atoms with E-state index in [0.29, 0.717) is 0 Å². The first-order valence-electron chi connectivity index (χ1n) is 7.60. The van der Waals surface area contributed by atoms with Crippen molar-refractivity contribution < 1.29 is 0 Å². The van der Waals surface area contributed by atoms with Crippen molar-refractivity contribution in [3.8, 4) is 0 Å². The van der Waals surface area contributed by atoms with Crippen LogP contribution in [-0.2, 0) is 12.8 Å². The van der Waals surface area contributed by atoms with Gasteiger partial charge in [-0.1, -0.05) is 37.3 Å². The lowest BCUT2D eigenvalue weighted by molar-refractivity contribution is 0.463. The zero-order valence-electron chi connectivity index (χ0n) is 12.1. The first kappa shape index (κ1) is 13.8. The molecule has 1 aromatic carbocycles. The van der Waals surface area contributed by atoms with Gasteiger partial charge in [-0.3, -0.25) is 0 Å². The van der Waals surface area contributed by atoms with Gasteiger partial charge < -0.3 is 5.32 Å². The highest BCUT2D eigenvalue weighted by atomic mass is 32.1. The molecule has 0 unspecified atom stereocenters. The van der Waals surface area contributed by atoms with Crippen molar-refractivity contribution in [1.29, 1.82) is 0 Å². The number of nitrogens with one attached hydrogen (secondary N) is 1. The van der Waals surface area contributed by atoms with Crippen LogP contribution in [0.4, 0.5) is 0 Å². The van der Waals surface area contributed by atoms with Crippen LogP contribution in [0.15, 0.2) is 30.3 Å². The van der Waals surface area contributed by atoms with E-state index in [2.05, 4.69) is 42.6 Å². The second kappa shape index (κ2) is 6.51. The number of rotatable bonds is 4. The third-order valence-electron chi connectivity index (χ3n) is 4.01. The van der Waals surface area contributed by atoms with Crippen molar-refractivity contribution in [3.63, 3.8) is 0 Å². The topological polar surface area (TPSA) is 24.9 Å². The Bertz CT molecular complexity index is 541. The van der Waals surface area contributed by atoms with Gasteiger partial charge in [0.25, 0.3) is 0 Å². The van der Waals surface area contributed by atoms with Crippen LogP contribution in [0.25, 0.3) is 0 Å². The average molecular weight is 286 g/mol. The number of hydrogen-bond acceptors (Lipinski definition) is 3. The zero-order valence-corrected chi connectivity index (χ0v) is 12.9. The average Bonchev–Trinajstić information content (AvgIpc) is 2.92. The number of benzene rings is 1. The molecule has 0 aliphatic carbocycles. The smallest absolute Gasteiger partial charge is 0.0975 e. The Kier molecular flexibility index (Phi) is 4.48. The third-order valence-corrected chi connectivity index (χ3v) is 5.27. The Morgan fingerprint density at radius 1 is 1.20 bits per heavy atom. The van der Waals surface area contributed by atoms with Gasteiger partial charge in [-0.25, -0.2) is 4.98 Å². The van der Waals surface area contributed by atoms with Gasteiger partial charge in [0.2, 0.25) is 0 Å². The molecule has 106 valence electrons. The Hall–Kier alpha value is -1.19. The third kappa shape index (κ3) is 3.10. The summed E-state index contributed by atoms with van der Waals surface area (Å²) in [4.78, 5) is 6.45. The Balaban J connectivity index is 1.81. The summed E-state index contributed by atoms with van der Waals surface area (Å²) in [6.45, 7) is 4.53. The fourth-order valence-electron chi connectivity index (χ4n) is 2.92. The van der Waals surface area contributed by atoms with Crippen molar-refractivity contribution in [2.24, 2.45) is 0 Å². The van der Waals surface area contributed by atoms with Crippen LogP contribution in [-0.4, -0.2) is 18.1 Å². The molecule has 2 nitrogen and oxygen atoms in total. The minimum absolute atomic E-state index is 0.730. The Morgan fingerprint density at radius 3 is 2.65 bits per heavy atom. The van der Waals surface area contributed by atoms with Gasteiger partial charge in [0, 0.05) is 11.3 Å². The number of nitrogens with zero attached hydrogens (tertiary/aromatic N) is 1. The summed E-state index contributed by atoms with van der Waals surface area (Å²) in [6, 6.07) is 10.7. The summed E-state index contributed by atoms with van der Waals surface area (Å²) in [5, 5.41) is 4.73. The molecule has 20 heavy (non-hydrogen) atoms. The van der Waals surface area contributed by atoms with E-state index in [1.54, 1.807) is 4.88 Å². The molecule has 1 N–H and O–H groups in total. The summed E-state index contributed by atoms with van der Waals surface area (Å²) in [5.41, 5.74) is 2.70. The molecule has 1 aliphatic heterocycles. The van der Waals surface area contributed by atoms with E-state index >= 15 is 0 Å². The Labute approximate surface area is 125 Å². The van der Waals surface area contributed by atoms with Gasteiger partial charge in [-0.05, 0) is 43.8 Å². The monoisotopic (exact) mass is 286 g/mol. The standard InChI is InChI=1S/C17H22N2S/c1-2-15-17(14-8-10-18-11-9-14)20-16(19-15)12-13-6-4-3-5-7-13/h3-7,14,18H,2,8-12H2,1H3. The molecule has 1 aromatic heterocycles. The predicted molar refractivity (Wildman–Crippen MR) is 85.6 cm³/mol. The first-order chi connectivity index (χ1) is 9.86. The molecule has 2 heterocycles. The fraction of sp³-hybridized carbons (Fsp3) is 0.471. The summed E-state index contributed by atoms with van der Waals surface area (Å²) in [5.74, 6) is 0.730. The van der Waals surface area contributed by atoms with E-state index in [1.807, 2.05) is 11.3 Å². The maximum absolute atomic E-state index is 4.90. The van der Waals surface area contributed by atoms with Crippen LogP contribution in [0.5, 0.6) is 0 Å². The number of hydrogen-bond donors (Lipinski definition) is 1. The number of thiazole rings is 1. The molecule has 0 saturated carbocycles. The summed E-state index contributed by atoms with van der Waals surface area (Å²) in [7, 11) is 0. The van der Waals surface area contributed by atoms with Crippen LogP contribution in [0.3, 0.4) is 0 Å². The highest BCUT2D eigenvalue weighted by Crippen LogP contribution is 2.34. The first-order valence-corrected chi connectivity index (χ1v) is 8.41. The molecule has 0 amide bonds. The maximum Gasteiger partial charge on any atom is 0.0975 e.